The number of hydrogen-bond donors (Lipinski definition) is 0. The minimum atomic E-state index is -3.47. The lowest BCUT2D eigenvalue weighted by Crippen LogP contribution is -2.40. The van der Waals surface area contributed by atoms with Crippen molar-refractivity contribution in [1.82, 2.24) is 9.46 Å². The maximum atomic E-state index is 12.7. The predicted octanol–water partition coefficient (Wildman–Crippen LogP) is 2.04. The average molecular weight is 328 g/mol. The maximum Gasteiger partial charge on any atom is 0.244 e. The van der Waals surface area contributed by atoms with E-state index >= 15 is 0 Å². The summed E-state index contributed by atoms with van der Waals surface area (Å²) in [6.45, 7) is 5.32. The largest absolute Gasteiger partial charge is 0.379 e. The molecule has 0 atom stereocenters. The minimum absolute atomic E-state index is 0.346. The third kappa shape index (κ3) is 2.76. The van der Waals surface area contributed by atoms with Gasteiger partial charge in [-0.15, -0.1) is 11.3 Å². The Labute approximate surface area is 127 Å². The number of nitrogens with zero attached hydrogens (tertiary/aromatic N) is 2. The van der Waals surface area contributed by atoms with Gasteiger partial charge >= 0.3 is 0 Å². The van der Waals surface area contributed by atoms with Gasteiger partial charge in [-0.3, -0.25) is 0 Å². The van der Waals surface area contributed by atoms with Crippen LogP contribution in [-0.2, 0) is 14.8 Å². The highest BCUT2D eigenvalue weighted by Crippen LogP contribution is 2.35. The molecule has 0 spiro atoms. The Bertz CT molecular complexity index is 742. The molecule has 0 aliphatic carbocycles. The van der Waals surface area contributed by atoms with Gasteiger partial charge in [-0.1, -0.05) is 5.16 Å². The molecule has 0 unspecified atom stereocenters. The van der Waals surface area contributed by atoms with Crippen molar-refractivity contribution in [1.29, 1.82) is 0 Å². The molecule has 0 amide bonds. The van der Waals surface area contributed by atoms with E-state index in [0.29, 0.717) is 37.0 Å². The third-order valence-electron chi connectivity index (χ3n) is 3.33. The molecule has 21 heavy (non-hydrogen) atoms. The first-order chi connectivity index (χ1) is 9.98. The molecule has 0 saturated carbocycles. The highest BCUT2D eigenvalue weighted by Gasteiger charge is 2.29. The number of aryl methyl sites for hydroxylation is 2. The standard InChI is InChI=1S/C13H16N2O4S2/c1-9-7-11(19-14-9)12-8-13(10(2)20-12)21(16,17)15-3-5-18-6-4-15/h7-8H,3-6H2,1-2H3. The quantitative estimate of drug-likeness (QED) is 0.862. The first-order valence-electron chi connectivity index (χ1n) is 6.60. The Balaban J connectivity index is 1.97. The lowest BCUT2D eigenvalue weighted by molar-refractivity contribution is 0.0730. The fourth-order valence-corrected chi connectivity index (χ4v) is 5.17. The highest BCUT2D eigenvalue weighted by atomic mass is 32.2. The van der Waals surface area contributed by atoms with Crippen molar-refractivity contribution in [2.24, 2.45) is 0 Å². The van der Waals surface area contributed by atoms with Crippen molar-refractivity contribution in [3.05, 3.63) is 22.7 Å². The molecule has 1 saturated heterocycles. The maximum absolute atomic E-state index is 12.7. The zero-order valence-electron chi connectivity index (χ0n) is 11.8. The van der Waals surface area contributed by atoms with Gasteiger partial charge in [-0.2, -0.15) is 4.31 Å². The minimum Gasteiger partial charge on any atom is -0.379 e. The molecule has 0 bridgehead atoms. The first-order valence-corrected chi connectivity index (χ1v) is 8.86. The number of hydrogen-bond acceptors (Lipinski definition) is 6. The van der Waals surface area contributed by atoms with Gasteiger partial charge in [0.25, 0.3) is 0 Å². The molecule has 3 rings (SSSR count). The SMILES string of the molecule is Cc1cc(-c2cc(S(=O)(=O)N3CCOCC3)c(C)s2)on1. The molecule has 0 N–H and O–H groups in total. The van der Waals surface area contributed by atoms with Gasteiger partial charge < -0.3 is 9.26 Å². The summed E-state index contributed by atoms with van der Waals surface area (Å²) in [6, 6.07) is 3.47. The monoisotopic (exact) mass is 328 g/mol. The molecule has 114 valence electrons. The number of rotatable bonds is 3. The molecule has 1 aliphatic heterocycles. The molecule has 2 aromatic heterocycles. The van der Waals surface area contributed by atoms with Gasteiger partial charge in [-0.05, 0) is 19.9 Å². The lowest BCUT2D eigenvalue weighted by Gasteiger charge is -2.25. The van der Waals surface area contributed by atoms with E-state index < -0.39 is 10.0 Å². The van der Waals surface area contributed by atoms with Gasteiger partial charge in [-0.25, -0.2) is 8.42 Å². The van der Waals surface area contributed by atoms with Gasteiger partial charge in [0, 0.05) is 24.0 Å². The van der Waals surface area contributed by atoms with Crippen molar-refractivity contribution < 1.29 is 17.7 Å². The Hall–Kier alpha value is -1.22. The molecule has 6 nitrogen and oxygen atoms in total. The van der Waals surface area contributed by atoms with Crippen LogP contribution < -0.4 is 0 Å². The molecule has 0 radical (unpaired) electrons. The topological polar surface area (TPSA) is 72.6 Å². The fourth-order valence-electron chi connectivity index (χ4n) is 2.25. The molecule has 1 aliphatic rings. The van der Waals surface area contributed by atoms with E-state index in [9.17, 15) is 8.42 Å². The smallest absolute Gasteiger partial charge is 0.244 e. The van der Waals surface area contributed by atoms with Gasteiger partial charge in [0.05, 0.1) is 28.7 Å². The average Bonchev–Trinajstić information content (AvgIpc) is 3.06. The van der Waals surface area contributed by atoms with Crippen LogP contribution in [0.25, 0.3) is 10.6 Å². The number of morpholine rings is 1. The predicted molar refractivity (Wildman–Crippen MR) is 78.9 cm³/mol. The van der Waals surface area contributed by atoms with E-state index in [-0.39, 0.29) is 0 Å². The summed E-state index contributed by atoms with van der Waals surface area (Å²) in [5.41, 5.74) is 0.772. The summed E-state index contributed by atoms with van der Waals surface area (Å²) in [5.74, 6) is 0.601. The van der Waals surface area contributed by atoms with E-state index in [4.69, 9.17) is 9.26 Å². The van der Waals surface area contributed by atoms with Crippen molar-refractivity contribution in [2.75, 3.05) is 26.3 Å². The van der Waals surface area contributed by atoms with E-state index in [1.165, 1.54) is 15.6 Å². The molecule has 2 aromatic rings. The summed E-state index contributed by atoms with van der Waals surface area (Å²) < 4.78 is 37.3. The summed E-state index contributed by atoms with van der Waals surface area (Å²) in [6.07, 6.45) is 0. The van der Waals surface area contributed by atoms with Crippen molar-refractivity contribution in [3.8, 4) is 10.6 Å². The zero-order valence-corrected chi connectivity index (χ0v) is 13.5. The molecular weight excluding hydrogens is 312 g/mol. The summed E-state index contributed by atoms with van der Waals surface area (Å²) in [5, 5.41) is 3.84. The summed E-state index contributed by atoms with van der Waals surface area (Å²) in [4.78, 5) is 1.88. The normalized spacial score (nSPS) is 17.2. The highest BCUT2D eigenvalue weighted by molar-refractivity contribution is 7.89. The fraction of sp³-hybridized carbons (Fsp3) is 0.462. The van der Waals surface area contributed by atoms with Crippen LogP contribution >= 0.6 is 11.3 Å². The second-order valence-corrected chi connectivity index (χ2v) is 8.04. The van der Waals surface area contributed by atoms with Crippen LogP contribution in [0, 0.1) is 13.8 Å². The van der Waals surface area contributed by atoms with Crippen LogP contribution in [0.3, 0.4) is 0 Å². The second kappa shape index (κ2) is 5.53. The van der Waals surface area contributed by atoms with Crippen molar-refractivity contribution in [3.63, 3.8) is 0 Å². The summed E-state index contributed by atoms with van der Waals surface area (Å²) in [7, 11) is -3.47. The molecule has 1 fully saturated rings. The van der Waals surface area contributed by atoms with Gasteiger partial charge in [0.1, 0.15) is 0 Å². The number of ether oxygens (including phenoxy) is 1. The lowest BCUT2D eigenvalue weighted by atomic mass is 10.3. The van der Waals surface area contributed by atoms with Crippen molar-refractivity contribution in [2.45, 2.75) is 18.7 Å². The number of aromatic nitrogens is 1. The Morgan fingerprint density at radius 2 is 1.95 bits per heavy atom. The van der Waals surface area contributed by atoms with Crippen LogP contribution in [0.2, 0.25) is 0 Å². The molecule has 8 heteroatoms. The van der Waals surface area contributed by atoms with E-state index in [0.717, 1.165) is 15.4 Å². The van der Waals surface area contributed by atoms with Crippen LogP contribution in [-0.4, -0.2) is 44.2 Å². The number of thiophene rings is 1. The van der Waals surface area contributed by atoms with E-state index in [1.807, 2.05) is 13.8 Å². The zero-order chi connectivity index (χ0) is 15.0. The molecule has 3 heterocycles. The van der Waals surface area contributed by atoms with Gasteiger partial charge in [0.15, 0.2) is 5.76 Å². The van der Waals surface area contributed by atoms with Crippen LogP contribution in [0.1, 0.15) is 10.6 Å². The Morgan fingerprint density at radius 3 is 2.57 bits per heavy atom. The van der Waals surface area contributed by atoms with Crippen LogP contribution in [0.15, 0.2) is 21.6 Å². The summed E-state index contributed by atoms with van der Waals surface area (Å²) >= 11 is 1.40. The second-order valence-electron chi connectivity index (χ2n) is 4.88. The van der Waals surface area contributed by atoms with E-state index in [1.54, 1.807) is 12.1 Å². The molecule has 0 aromatic carbocycles. The third-order valence-corrected chi connectivity index (χ3v) is 6.55. The van der Waals surface area contributed by atoms with Crippen LogP contribution in [0.4, 0.5) is 0 Å². The van der Waals surface area contributed by atoms with Gasteiger partial charge in [0.2, 0.25) is 10.0 Å². The molecular formula is C13H16N2O4S2. The Kier molecular flexibility index (Phi) is 3.87. The van der Waals surface area contributed by atoms with Crippen molar-refractivity contribution >= 4 is 21.4 Å². The first kappa shape index (κ1) is 14.7. The number of sulfonamides is 1. The van der Waals surface area contributed by atoms with E-state index in [2.05, 4.69) is 5.16 Å². The Morgan fingerprint density at radius 1 is 1.24 bits per heavy atom. The van der Waals surface area contributed by atoms with Crippen LogP contribution in [0.5, 0.6) is 0 Å².